The maximum atomic E-state index is 12.6. The molecular weight excluding hydrogens is 388 g/mol. The molecule has 2 amide bonds. The van der Waals surface area contributed by atoms with E-state index in [1.54, 1.807) is 33.8 Å². The lowest BCUT2D eigenvalue weighted by Gasteiger charge is -2.27. The Morgan fingerprint density at radius 3 is 2.50 bits per heavy atom. The average molecular weight is 418 g/mol. The summed E-state index contributed by atoms with van der Waals surface area (Å²) in [6.45, 7) is 7.72. The van der Waals surface area contributed by atoms with Gasteiger partial charge in [-0.1, -0.05) is 36.4 Å². The number of carbonyl (C=O) groups is 3. The fourth-order valence-electron chi connectivity index (χ4n) is 3.00. The Morgan fingerprint density at radius 2 is 1.87 bits per heavy atom. The monoisotopic (exact) mass is 418 g/mol. The second-order valence-corrected chi connectivity index (χ2v) is 7.95. The van der Waals surface area contributed by atoms with Gasteiger partial charge in [-0.15, -0.1) is 0 Å². The number of hydrogen-bond acceptors (Lipinski definition) is 6. The van der Waals surface area contributed by atoms with E-state index in [0.29, 0.717) is 6.42 Å². The first-order valence-corrected chi connectivity index (χ1v) is 9.99. The highest BCUT2D eigenvalue weighted by atomic mass is 16.6. The molecule has 2 rings (SSSR count). The van der Waals surface area contributed by atoms with Gasteiger partial charge in [0.2, 0.25) is 0 Å². The number of nitrogens with zero attached hydrogens (tertiary/aromatic N) is 1. The molecule has 2 atom stereocenters. The van der Waals surface area contributed by atoms with E-state index in [1.807, 2.05) is 30.3 Å². The van der Waals surface area contributed by atoms with Crippen LogP contribution in [0.3, 0.4) is 0 Å². The van der Waals surface area contributed by atoms with Crippen LogP contribution < -0.4 is 5.32 Å². The van der Waals surface area contributed by atoms with Crippen molar-refractivity contribution in [2.24, 2.45) is 0 Å². The standard InChI is InChI=1S/C22H30N2O6/c1-5-28-19(25)12-11-18-13-17(14-24(18)21(27)30-22(2,3)4)23-20(26)29-15-16-9-7-6-8-10-16/h6-12,17-18H,5,13-15H2,1-4H3,(H,23,26)/b12-11+/t17-,18+/m0/s1. The van der Waals surface area contributed by atoms with Gasteiger partial charge in [0.05, 0.1) is 18.7 Å². The number of ether oxygens (including phenoxy) is 3. The molecule has 1 N–H and O–H groups in total. The molecule has 0 unspecified atom stereocenters. The Kier molecular flexibility index (Phi) is 8.26. The lowest BCUT2D eigenvalue weighted by molar-refractivity contribution is -0.137. The van der Waals surface area contributed by atoms with Crippen molar-refractivity contribution in [2.45, 2.75) is 58.4 Å². The van der Waals surface area contributed by atoms with Crippen LogP contribution in [-0.4, -0.2) is 53.9 Å². The van der Waals surface area contributed by atoms with Gasteiger partial charge >= 0.3 is 18.2 Å². The number of esters is 1. The Morgan fingerprint density at radius 1 is 1.17 bits per heavy atom. The van der Waals surface area contributed by atoms with Gasteiger partial charge in [-0.3, -0.25) is 4.90 Å². The molecular formula is C22H30N2O6. The van der Waals surface area contributed by atoms with Crippen molar-refractivity contribution in [3.05, 3.63) is 48.0 Å². The van der Waals surface area contributed by atoms with Crippen molar-refractivity contribution in [3.63, 3.8) is 0 Å². The first-order chi connectivity index (χ1) is 14.2. The van der Waals surface area contributed by atoms with Gasteiger partial charge in [0.15, 0.2) is 0 Å². The van der Waals surface area contributed by atoms with Crippen LogP contribution in [0.15, 0.2) is 42.5 Å². The van der Waals surface area contributed by atoms with Crippen LogP contribution in [0.5, 0.6) is 0 Å². The molecule has 1 fully saturated rings. The third-order valence-corrected chi connectivity index (χ3v) is 4.25. The Hall–Kier alpha value is -3.03. The van der Waals surface area contributed by atoms with Gasteiger partial charge in [-0.05, 0) is 39.7 Å². The van der Waals surface area contributed by atoms with E-state index in [0.717, 1.165) is 5.56 Å². The molecule has 0 aliphatic carbocycles. The summed E-state index contributed by atoms with van der Waals surface area (Å²) in [5.41, 5.74) is 0.219. The predicted molar refractivity (Wildman–Crippen MR) is 111 cm³/mol. The van der Waals surface area contributed by atoms with Crippen molar-refractivity contribution < 1.29 is 28.6 Å². The first kappa shape index (κ1) is 23.3. The van der Waals surface area contributed by atoms with E-state index in [4.69, 9.17) is 14.2 Å². The number of carbonyl (C=O) groups excluding carboxylic acids is 3. The van der Waals surface area contributed by atoms with Gasteiger partial charge in [-0.25, -0.2) is 14.4 Å². The van der Waals surface area contributed by atoms with Gasteiger partial charge in [-0.2, -0.15) is 0 Å². The molecule has 164 valence electrons. The van der Waals surface area contributed by atoms with Crippen molar-refractivity contribution in [2.75, 3.05) is 13.2 Å². The normalized spacial score (nSPS) is 18.9. The Labute approximate surface area is 177 Å². The zero-order valence-electron chi connectivity index (χ0n) is 17.9. The molecule has 1 aliphatic rings. The summed E-state index contributed by atoms with van der Waals surface area (Å²) in [5.74, 6) is -0.486. The highest BCUT2D eigenvalue weighted by molar-refractivity contribution is 5.82. The molecule has 8 nitrogen and oxygen atoms in total. The van der Waals surface area contributed by atoms with E-state index in [9.17, 15) is 14.4 Å². The SMILES string of the molecule is CCOC(=O)/C=C/[C@@H]1C[C@H](NC(=O)OCc2ccccc2)CN1C(=O)OC(C)(C)C. The predicted octanol–water partition coefficient (Wildman–Crippen LogP) is 3.41. The second-order valence-electron chi connectivity index (χ2n) is 7.95. The molecule has 1 aromatic carbocycles. The molecule has 1 aliphatic heterocycles. The van der Waals surface area contributed by atoms with Crippen LogP contribution in [-0.2, 0) is 25.6 Å². The molecule has 0 aromatic heterocycles. The number of alkyl carbamates (subject to hydrolysis) is 1. The fraction of sp³-hybridized carbons (Fsp3) is 0.500. The first-order valence-electron chi connectivity index (χ1n) is 9.99. The van der Waals surface area contributed by atoms with E-state index in [1.165, 1.54) is 11.0 Å². The molecule has 1 saturated heterocycles. The maximum absolute atomic E-state index is 12.6. The van der Waals surface area contributed by atoms with Gasteiger partial charge < -0.3 is 19.5 Å². The average Bonchev–Trinajstić information content (AvgIpc) is 3.07. The van der Waals surface area contributed by atoms with Crippen molar-refractivity contribution in [1.29, 1.82) is 0 Å². The fourth-order valence-corrected chi connectivity index (χ4v) is 3.00. The van der Waals surface area contributed by atoms with Crippen LogP contribution in [0.2, 0.25) is 0 Å². The number of nitrogens with one attached hydrogen (secondary N) is 1. The third-order valence-electron chi connectivity index (χ3n) is 4.25. The van der Waals surface area contributed by atoms with Crippen LogP contribution in [0.1, 0.15) is 39.7 Å². The Balaban J connectivity index is 1.98. The number of amides is 2. The summed E-state index contributed by atoms with van der Waals surface area (Å²) in [4.78, 5) is 37.9. The lowest BCUT2D eigenvalue weighted by atomic mass is 10.1. The smallest absolute Gasteiger partial charge is 0.410 e. The minimum atomic E-state index is -0.660. The quantitative estimate of drug-likeness (QED) is 0.432. The number of hydrogen-bond donors (Lipinski definition) is 1. The number of benzene rings is 1. The number of rotatable bonds is 6. The summed E-state index contributed by atoms with van der Waals surface area (Å²) in [7, 11) is 0. The number of likely N-dealkylation sites (tertiary alicyclic amines) is 1. The van der Waals surface area contributed by atoms with E-state index in [2.05, 4.69) is 5.32 Å². The lowest BCUT2D eigenvalue weighted by Crippen LogP contribution is -2.41. The minimum Gasteiger partial charge on any atom is -0.463 e. The van der Waals surface area contributed by atoms with Gasteiger partial charge in [0, 0.05) is 12.6 Å². The van der Waals surface area contributed by atoms with Gasteiger partial charge in [0.1, 0.15) is 12.2 Å². The summed E-state index contributed by atoms with van der Waals surface area (Å²) >= 11 is 0. The molecule has 1 aromatic rings. The van der Waals surface area contributed by atoms with Crippen molar-refractivity contribution >= 4 is 18.2 Å². The molecule has 8 heteroatoms. The molecule has 0 spiro atoms. The maximum Gasteiger partial charge on any atom is 0.410 e. The van der Waals surface area contributed by atoms with E-state index in [-0.39, 0.29) is 25.8 Å². The summed E-state index contributed by atoms with van der Waals surface area (Å²) in [6, 6.07) is 8.60. The molecule has 1 heterocycles. The summed E-state index contributed by atoms with van der Waals surface area (Å²) < 4.78 is 15.6. The molecule has 0 radical (unpaired) electrons. The van der Waals surface area contributed by atoms with Crippen molar-refractivity contribution in [3.8, 4) is 0 Å². The third kappa shape index (κ3) is 7.77. The summed E-state index contributed by atoms with van der Waals surface area (Å²) in [5, 5.41) is 2.78. The largest absolute Gasteiger partial charge is 0.463 e. The molecule has 0 bridgehead atoms. The highest BCUT2D eigenvalue weighted by Crippen LogP contribution is 2.22. The minimum absolute atomic E-state index is 0.154. The van der Waals surface area contributed by atoms with Crippen LogP contribution in [0.4, 0.5) is 9.59 Å². The van der Waals surface area contributed by atoms with Crippen LogP contribution >= 0.6 is 0 Å². The van der Waals surface area contributed by atoms with E-state index < -0.39 is 29.8 Å². The second kappa shape index (κ2) is 10.7. The van der Waals surface area contributed by atoms with E-state index >= 15 is 0 Å². The van der Waals surface area contributed by atoms with Crippen molar-refractivity contribution in [1.82, 2.24) is 10.2 Å². The zero-order valence-corrected chi connectivity index (χ0v) is 17.9. The highest BCUT2D eigenvalue weighted by Gasteiger charge is 2.37. The zero-order chi connectivity index (χ0) is 22.1. The van der Waals surface area contributed by atoms with Gasteiger partial charge in [0.25, 0.3) is 0 Å². The topological polar surface area (TPSA) is 94.2 Å². The van der Waals surface area contributed by atoms with Crippen LogP contribution in [0, 0.1) is 0 Å². The van der Waals surface area contributed by atoms with Crippen LogP contribution in [0.25, 0.3) is 0 Å². The Bertz CT molecular complexity index is 757. The molecule has 30 heavy (non-hydrogen) atoms. The summed E-state index contributed by atoms with van der Waals surface area (Å²) in [6.07, 6.45) is 2.24. The molecule has 0 saturated carbocycles.